The van der Waals surface area contributed by atoms with Crippen LogP contribution in [0.1, 0.15) is 158 Å². The molecule has 0 saturated heterocycles. The average Bonchev–Trinajstić information content (AvgIpc) is 2.99. The molecule has 4 unspecified atom stereocenters. The minimum absolute atomic E-state index is 0.00802. The van der Waals surface area contributed by atoms with E-state index >= 15 is 0 Å². The van der Waals surface area contributed by atoms with Crippen molar-refractivity contribution in [1.82, 2.24) is 9.80 Å². The molecule has 0 heterocycles. The van der Waals surface area contributed by atoms with Crippen molar-refractivity contribution >= 4 is 11.8 Å². The molecule has 0 aliphatic carbocycles. The number of amides is 2. The van der Waals surface area contributed by atoms with Crippen molar-refractivity contribution in [3.8, 4) is 0 Å². The van der Waals surface area contributed by atoms with Crippen LogP contribution in [0.5, 0.6) is 0 Å². The maximum Gasteiger partial charge on any atom is 0.248 e. The topological polar surface area (TPSA) is 49.9 Å². The quantitative estimate of drug-likeness (QED) is 0.0926. The maximum absolute atomic E-state index is 13.5. The van der Waals surface area contributed by atoms with Crippen LogP contribution in [0.4, 0.5) is 0 Å². The SMILES string of the molecule is CCCCC(CC)CN(CC(CC)CCCC)C(=O)COCC(=O)N(CC(CC)CCCC)CC(CC)CCCC. The first-order valence-corrected chi connectivity index (χ1v) is 18.0. The van der Waals surface area contributed by atoms with E-state index in [4.69, 9.17) is 4.74 Å². The first kappa shape index (κ1) is 39.9. The van der Waals surface area contributed by atoms with Gasteiger partial charge >= 0.3 is 0 Å². The fraction of sp³-hybridized carbons (Fsp3) is 0.944. The van der Waals surface area contributed by atoms with Crippen LogP contribution >= 0.6 is 0 Å². The predicted molar refractivity (Wildman–Crippen MR) is 177 cm³/mol. The summed E-state index contributed by atoms with van der Waals surface area (Å²) in [4.78, 5) is 31.2. The van der Waals surface area contributed by atoms with Crippen LogP contribution in [0.15, 0.2) is 0 Å². The van der Waals surface area contributed by atoms with Gasteiger partial charge in [0.05, 0.1) is 0 Å². The van der Waals surface area contributed by atoms with Crippen LogP contribution in [0, 0.1) is 23.7 Å². The van der Waals surface area contributed by atoms with Crippen LogP contribution in [-0.2, 0) is 14.3 Å². The van der Waals surface area contributed by atoms with Gasteiger partial charge in [-0.15, -0.1) is 0 Å². The molecule has 0 fully saturated rings. The van der Waals surface area contributed by atoms with Crippen molar-refractivity contribution in [3.05, 3.63) is 0 Å². The lowest BCUT2D eigenvalue weighted by molar-refractivity contribution is -0.143. The van der Waals surface area contributed by atoms with Gasteiger partial charge in [-0.1, -0.05) is 132 Å². The van der Waals surface area contributed by atoms with Crippen molar-refractivity contribution < 1.29 is 14.3 Å². The molecular formula is C36H72N2O3. The molecule has 0 spiro atoms. The van der Waals surface area contributed by atoms with Gasteiger partial charge < -0.3 is 14.5 Å². The van der Waals surface area contributed by atoms with E-state index in [0.717, 1.165) is 51.9 Å². The molecule has 0 radical (unpaired) electrons. The van der Waals surface area contributed by atoms with E-state index in [9.17, 15) is 9.59 Å². The molecule has 0 aliphatic rings. The third kappa shape index (κ3) is 18.9. The Bertz CT molecular complexity index is 538. The molecule has 0 aromatic rings. The number of unbranched alkanes of at least 4 members (excludes halogenated alkanes) is 4. The maximum atomic E-state index is 13.5. The van der Waals surface area contributed by atoms with Gasteiger partial charge in [0.25, 0.3) is 0 Å². The number of hydrogen-bond donors (Lipinski definition) is 0. The van der Waals surface area contributed by atoms with Crippen LogP contribution in [-0.4, -0.2) is 61.0 Å². The molecule has 5 nitrogen and oxygen atoms in total. The Kier molecular flexibility index (Phi) is 25.8. The first-order valence-electron chi connectivity index (χ1n) is 18.0. The van der Waals surface area contributed by atoms with Gasteiger partial charge in [0, 0.05) is 26.2 Å². The number of hydrogen-bond acceptors (Lipinski definition) is 3. The highest BCUT2D eigenvalue weighted by atomic mass is 16.5. The molecule has 244 valence electrons. The molecule has 0 saturated carbocycles. The fourth-order valence-corrected chi connectivity index (χ4v) is 5.88. The summed E-state index contributed by atoms with van der Waals surface area (Å²) in [5.41, 5.74) is 0. The van der Waals surface area contributed by atoms with E-state index in [2.05, 4.69) is 65.2 Å². The molecule has 0 aromatic heterocycles. The zero-order valence-corrected chi connectivity index (χ0v) is 29.0. The summed E-state index contributed by atoms with van der Waals surface area (Å²) >= 11 is 0. The Labute approximate surface area is 256 Å². The number of nitrogens with zero attached hydrogens (tertiary/aromatic N) is 2. The summed E-state index contributed by atoms with van der Waals surface area (Å²) in [5.74, 6) is 2.23. The largest absolute Gasteiger partial charge is 0.362 e. The summed E-state index contributed by atoms with van der Waals surface area (Å²) in [6, 6.07) is 0. The highest BCUT2D eigenvalue weighted by Gasteiger charge is 2.24. The van der Waals surface area contributed by atoms with E-state index in [1.807, 2.05) is 0 Å². The predicted octanol–water partition coefficient (Wildman–Crippen LogP) is 9.53. The van der Waals surface area contributed by atoms with Crippen LogP contribution in [0.2, 0.25) is 0 Å². The molecule has 41 heavy (non-hydrogen) atoms. The number of ether oxygens (including phenoxy) is 1. The molecule has 0 bridgehead atoms. The molecule has 0 rings (SSSR count). The summed E-state index contributed by atoms with van der Waals surface area (Å²) in [6.45, 7) is 21.2. The average molecular weight is 581 g/mol. The Morgan fingerprint density at radius 1 is 0.463 bits per heavy atom. The molecule has 4 atom stereocenters. The van der Waals surface area contributed by atoms with Crippen molar-refractivity contribution in [2.45, 2.75) is 158 Å². The van der Waals surface area contributed by atoms with Crippen LogP contribution in [0.3, 0.4) is 0 Å². The van der Waals surface area contributed by atoms with Crippen LogP contribution < -0.4 is 0 Å². The van der Waals surface area contributed by atoms with Crippen molar-refractivity contribution in [2.24, 2.45) is 23.7 Å². The second-order valence-corrected chi connectivity index (χ2v) is 12.8. The van der Waals surface area contributed by atoms with E-state index < -0.39 is 0 Å². The Hall–Kier alpha value is -1.10. The van der Waals surface area contributed by atoms with Gasteiger partial charge in [-0.2, -0.15) is 0 Å². The Morgan fingerprint density at radius 2 is 0.707 bits per heavy atom. The van der Waals surface area contributed by atoms with Gasteiger partial charge in [-0.25, -0.2) is 0 Å². The van der Waals surface area contributed by atoms with E-state index in [1.165, 1.54) is 77.0 Å². The Morgan fingerprint density at radius 3 is 0.902 bits per heavy atom. The van der Waals surface area contributed by atoms with Gasteiger partial charge in [0.15, 0.2) is 0 Å². The molecular weight excluding hydrogens is 508 g/mol. The van der Waals surface area contributed by atoms with Crippen molar-refractivity contribution in [1.29, 1.82) is 0 Å². The minimum atomic E-state index is 0.00802. The normalized spacial score (nSPS) is 14.4. The number of rotatable bonds is 28. The van der Waals surface area contributed by atoms with Gasteiger partial charge in [0.1, 0.15) is 13.2 Å². The van der Waals surface area contributed by atoms with E-state index in [0.29, 0.717) is 23.7 Å². The van der Waals surface area contributed by atoms with Gasteiger partial charge in [-0.3, -0.25) is 9.59 Å². The lowest BCUT2D eigenvalue weighted by Crippen LogP contribution is -2.43. The summed E-state index contributed by atoms with van der Waals surface area (Å²) < 4.78 is 5.92. The van der Waals surface area contributed by atoms with Crippen molar-refractivity contribution in [2.75, 3.05) is 39.4 Å². The van der Waals surface area contributed by atoms with Gasteiger partial charge in [-0.05, 0) is 49.4 Å². The van der Waals surface area contributed by atoms with Crippen LogP contribution in [0.25, 0.3) is 0 Å². The monoisotopic (exact) mass is 581 g/mol. The third-order valence-electron chi connectivity index (χ3n) is 9.24. The fourth-order valence-electron chi connectivity index (χ4n) is 5.88. The summed E-state index contributed by atoms with van der Waals surface area (Å²) in [5, 5.41) is 0. The van der Waals surface area contributed by atoms with E-state index in [-0.39, 0.29) is 25.0 Å². The highest BCUT2D eigenvalue weighted by Crippen LogP contribution is 2.21. The zero-order valence-electron chi connectivity index (χ0n) is 29.0. The molecule has 0 aliphatic heterocycles. The first-order chi connectivity index (χ1) is 19.8. The Balaban J connectivity index is 5.42. The van der Waals surface area contributed by atoms with Crippen molar-refractivity contribution in [3.63, 3.8) is 0 Å². The number of carbonyl (C=O) groups is 2. The standard InChI is InChI=1S/C36H72N2O3/c1-9-17-21-31(13-5)25-37(26-32(14-6)22-18-10-2)35(39)29-41-30-36(40)38(27-33(15-7)23-19-11-3)28-34(16-8)24-20-12-4/h31-34H,9-30H2,1-8H3. The minimum Gasteiger partial charge on any atom is -0.362 e. The molecule has 0 aromatic carbocycles. The zero-order chi connectivity index (χ0) is 30.9. The molecule has 0 N–H and O–H groups in total. The lowest BCUT2D eigenvalue weighted by Gasteiger charge is -2.32. The van der Waals surface area contributed by atoms with Gasteiger partial charge in [0.2, 0.25) is 11.8 Å². The summed E-state index contributed by atoms with van der Waals surface area (Å²) in [7, 11) is 0. The smallest absolute Gasteiger partial charge is 0.248 e. The highest BCUT2D eigenvalue weighted by molar-refractivity contribution is 5.79. The summed E-state index contributed by atoms with van der Waals surface area (Å²) in [6.07, 6.45) is 18.7. The second-order valence-electron chi connectivity index (χ2n) is 12.8. The van der Waals surface area contributed by atoms with E-state index in [1.54, 1.807) is 0 Å². The molecule has 5 heteroatoms. The number of carbonyl (C=O) groups excluding carboxylic acids is 2. The third-order valence-corrected chi connectivity index (χ3v) is 9.24. The lowest BCUT2D eigenvalue weighted by atomic mass is 9.95. The molecule has 2 amide bonds. The second kappa shape index (κ2) is 26.5.